The lowest BCUT2D eigenvalue weighted by molar-refractivity contribution is -0.179. The van der Waals surface area contributed by atoms with E-state index in [9.17, 15) is 14.0 Å². The van der Waals surface area contributed by atoms with E-state index in [1.165, 1.54) is 31.4 Å². The molecule has 2 atom stereocenters. The fourth-order valence-electron chi connectivity index (χ4n) is 4.22. The van der Waals surface area contributed by atoms with Gasteiger partial charge >= 0.3 is 5.97 Å². The quantitative estimate of drug-likeness (QED) is 0.362. The summed E-state index contributed by atoms with van der Waals surface area (Å²) in [6.07, 6.45) is 0. The molecular weight excluding hydrogens is 381 g/mol. The predicted molar refractivity (Wildman–Crippen MR) is 111 cm³/mol. The summed E-state index contributed by atoms with van der Waals surface area (Å²) in [5, 5.41) is 0. The molecule has 1 fully saturated rings. The monoisotopic (exact) mass is 403 g/mol. The average Bonchev–Trinajstić information content (AvgIpc) is 2.77. The molecule has 0 saturated carbocycles. The number of nitrogens with zero attached hydrogens (tertiary/aromatic N) is 1. The molecule has 0 N–H and O–H groups in total. The number of carbonyl (C=O) groups is 2. The van der Waals surface area contributed by atoms with Crippen LogP contribution < -0.4 is 0 Å². The van der Waals surface area contributed by atoms with Crippen LogP contribution in [0.25, 0.3) is 0 Å². The van der Waals surface area contributed by atoms with Crippen molar-refractivity contribution in [2.45, 2.75) is 24.9 Å². The molecule has 1 saturated heterocycles. The molecule has 0 spiro atoms. The minimum atomic E-state index is -1.55. The summed E-state index contributed by atoms with van der Waals surface area (Å²) in [5.74, 6) is -1.43. The lowest BCUT2D eigenvalue weighted by Gasteiger charge is -2.54. The van der Waals surface area contributed by atoms with Crippen LogP contribution in [0.5, 0.6) is 0 Å². The van der Waals surface area contributed by atoms with Gasteiger partial charge in [-0.3, -0.25) is 9.59 Å². The van der Waals surface area contributed by atoms with Crippen LogP contribution >= 0.6 is 0 Å². The molecule has 3 aromatic carbocycles. The van der Waals surface area contributed by atoms with Gasteiger partial charge in [-0.1, -0.05) is 72.3 Å². The van der Waals surface area contributed by atoms with E-state index in [1.807, 2.05) is 61.5 Å². The molecular formula is C25H22FNO3. The predicted octanol–water partition coefficient (Wildman–Crippen LogP) is 4.33. The van der Waals surface area contributed by atoms with Crippen molar-refractivity contribution in [3.8, 4) is 0 Å². The van der Waals surface area contributed by atoms with Crippen molar-refractivity contribution in [1.82, 2.24) is 4.90 Å². The highest BCUT2D eigenvalue weighted by Gasteiger charge is 2.67. The highest BCUT2D eigenvalue weighted by molar-refractivity contribution is 6.14. The molecule has 4 rings (SSSR count). The van der Waals surface area contributed by atoms with Crippen molar-refractivity contribution in [2.75, 3.05) is 7.11 Å². The largest absolute Gasteiger partial charge is 0.468 e. The van der Waals surface area contributed by atoms with Gasteiger partial charge in [-0.05, 0) is 35.7 Å². The van der Waals surface area contributed by atoms with E-state index < -0.39 is 23.2 Å². The zero-order valence-corrected chi connectivity index (χ0v) is 16.8. The van der Waals surface area contributed by atoms with Gasteiger partial charge in [0.05, 0.1) is 13.2 Å². The van der Waals surface area contributed by atoms with Gasteiger partial charge in [-0.15, -0.1) is 0 Å². The molecule has 152 valence electrons. The Hall–Kier alpha value is -3.47. The third kappa shape index (κ3) is 3.07. The number of rotatable bonds is 5. The second-order valence-electron chi connectivity index (χ2n) is 7.54. The van der Waals surface area contributed by atoms with Crippen LogP contribution in [-0.2, 0) is 26.3 Å². The molecule has 1 amide bonds. The lowest BCUT2D eigenvalue weighted by Crippen LogP contribution is -2.69. The summed E-state index contributed by atoms with van der Waals surface area (Å²) in [6.45, 7) is 2.34. The number of benzene rings is 3. The number of methoxy groups -OCH3 is 1. The SMILES string of the molecule is COC(=O)C1(c2ccc(F)cc2)C(=O)N(Cc2ccccc2)C1c1ccc(C)cc1. The Bertz CT molecular complexity index is 1060. The molecule has 30 heavy (non-hydrogen) atoms. The topological polar surface area (TPSA) is 46.6 Å². The maximum absolute atomic E-state index is 13.6. The van der Waals surface area contributed by atoms with E-state index in [4.69, 9.17) is 4.74 Å². The van der Waals surface area contributed by atoms with Gasteiger partial charge in [0.25, 0.3) is 0 Å². The average molecular weight is 403 g/mol. The Morgan fingerprint density at radius 2 is 1.63 bits per heavy atom. The summed E-state index contributed by atoms with van der Waals surface area (Å²) in [5.41, 5.74) is 1.73. The van der Waals surface area contributed by atoms with Crippen LogP contribution in [0, 0.1) is 12.7 Å². The standard InChI is InChI=1S/C25H22FNO3/c1-17-8-10-19(11-9-17)22-25(24(29)30-2,20-12-14-21(26)15-13-20)23(28)27(22)16-18-6-4-3-5-7-18/h3-15,22H,16H2,1-2H3. The number of likely N-dealkylation sites (tertiary alicyclic amines) is 1. The van der Waals surface area contributed by atoms with Crippen LogP contribution in [0.2, 0.25) is 0 Å². The molecule has 5 heteroatoms. The number of hydrogen-bond acceptors (Lipinski definition) is 3. The van der Waals surface area contributed by atoms with Crippen LogP contribution in [0.1, 0.15) is 28.3 Å². The molecule has 0 aliphatic carbocycles. The van der Waals surface area contributed by atoms with E-state index in [-0.39, 0.29) is 5.91 Å². The summed E-state index contributed by atoms with van der Waals surface area (Å²) < 4.78 is 18.7. The highest BCUT2D eigenvalue weighted by atomic mass is 19.1. The van der Waals surface area contributed by atoms with E-state index >= 15 is 0 Å². The van der Waals surface area contributed by atoms with Crippen molar-refractivity contribution in [1.29, 1.82) is 0 Å². The summed E-state index contributed by atoms with van der Waals surface area (Å²) in [4.78, 5) is 28.3. The normalized spacial score (nSPS) is 20.6. The number of carbonyl (C=O) groups excluding carboxylic acids is 2. The molecule has 3 aromatic rings. The number of esters is 1. The summed E-state index contributed by atoms with van der Waals surface area (Å²) in [6, 6.07) is 22.3. The molecule has 0 radical (unpaired) electrons. The van der Waals surface area contributed by atoms with Crippen LogP contribution in [-0.4, -0.2) is 23.9 Å². The van der Waals surface area contributed by atoms with Crippen molar-refractivity contribution in [3.63, 3.8) is 0 Å². The zero-order chi connectivity index (χ0) is 21.3. The lowest BCUT2D eigenvalue weighted by atomic mass is 9.63. The van der Waals surface area contributed by atoms with Gasteiger partial charge in [0.15, 0.2) is 5.41 Å². The van der Waals surface area contributed by atoms with Crippen LogP contribution in [0.15, 0.2) is 78.9 Å². The Kier molecular flexibility index (Phi) is 5.12. The number of halogens is 1. The number of aryl methyl sites for hydroxylation is 1. The Labute approximate surface area is 174 Å². The van der Waals surface area contributed by atoms with E-state index in [1.54, 1.807) is 4.90 Å². The Morgan fingerprint density at radius 1 is 1.00 bits per heavy atom. The second-order valence-corrected chi connectivity index (χ2v) is 7.54. The van der Waals surface area contributed by atoms with E-state index in [2.05, 4.69) is 0 Å². The summed E-state index contributed by atoms with van der Waals surface area (Å²) >= 11 is 0. The number of β-lactam (4-membered cyclic amide) rings is 1. The molecule has 1 aliphatic rings. The van der Waals surface area contributed by atoms with Crippen molar-refractivity contribution in [3.05, 3.63) is 107 Å². The molecule has 0 bridgehead atoms. The first-order chi connectivity index (χ1) is 14.5. The molecule has 0 aromatic heterocycles. The van der Waals surface area contributed by atoms with Gasteiger partial charge in [-0.2, -0.15) is 0 Å². The first-order valence-electron chi connectivity index (χ1n) is 9.74. The molecule has 1 heterocycles. The van der Waals surface area contributed by atoms with E-state index in [0.29, 0.717) is 12.1 Å². The fourth-order valence-corrected chi connectivity index (χ4v) is 4.22. The fraction of sp³-hybridized carbons (Fsp3) is 0.200. The maximum Gasteiger partial charge on any atom is 0.328 e. The van der Waals surface area contributed by atoms with Gasteiger partial charge in [0, 0.05) is 6.54 Å². The molecule has 1 aliphatic heterocycles. The summed E-state index contributed by atoms with van der Waals surface area (Å²) in [7, 11) is 1.27. The smallest absolute Gasteiger partial charge is 0.328 e. The van der Waals surface area contributed by atoms with Gasteiger partial charge in [-0.25, -0.2) is 4.39 Å². The zero-order valence-electron chi connectivity index (χ0n) is 16.8. The number of hydrogen-bond donors (Lipinski definition) is 0. The minimum absolute atomic E-state index is 0.351. The first-order valence-corrected chi connectivity index (χ1v) is 9.74. The minimum Gasteiger partial charge on any atom is -0.468 e. The van der Waals surface area contributed by atoms with Crippen molar-refractivity contribution < 1.29 is 18.7 Å². The second kappa shape index (κ2) is 7.75. The van der Waals surface area contributed by atoms with Crippen molar-refractivity contribution in [2.24, 2.45) is 0 Å². The Morgan fingerprint density at radius 3 is 2.23 bits per heavy atom. The Balaban J connectivity index is 1.86. The third-order valence-corrected chi connectivity index (χ3v) is 5.72. The van der Waals surface area contributed by atoms with E-state index in [0.717, 1.165) is 16.7 Å². The van der Waals surface area contributed by atoms with Crippen LogP contribution in [0.3, 0.4) is 0 Å². The van der Waals surface area contributed by atoms with Gasteiger partial charge in [0.2, 0.25) is 5.91 Å². The van der Waals surface area contributed by atoms with Crippen molar-refractivity contribution >= 4 is 11.9 Å². The third-order valence-electron chi connectivity index (χ3n) is 5.72. The van der Waals surface area contributed by atoms with Gasteiger partial charge < -0.3 is 9.64 Å². The highest BCUT2D eigenvalue weighted by Crippen LogP contribution is 2.53. The maximum atomic E-state index is 13.6. The van der Waals surface area contributed by atoms with Crippen LogP contribution in [0.4, 0.5) is 4.39 Å². The van der Waals surface area contributed by atoms with Gasteiger partial charge in [0.1, 0.15) is 5.82 Å². The molecule has 4 nitrogen and oxygen atoms in total. The molecule has 2 unspecified atom stereocenters. The first kappa shape index (κ1) is 19.8. The number of amides is 1. The number of ether oxygens (including phenoxy) is 1.